The third kappa shape index (κ3) is 3.72. The summed E-state index contributed by atoms with van der Waals surface area (Å²) in [5.41, 5.74) is 3.06. The highest BCUT2D eigenvalue weighted by Crippen LogP contribution is 2.34. The van der Waals surface area contributed by atoms with Gasteiger partial charge in [0, 0.05) is 38.6 Å². The summed E-state index contributed by atoms with van der Waals surface area (Å²) in [5.74, 6) is 1.23. The second-order valence-electron chi connectivity index (χ2n) is 8.14. The minimum atomic E-state index is 0.171. The first-order valence-electron chi connectivity index (χ1n) is 10.5. The Morgan fingerprint density at radius 1 is 1.03 bits per heavy atom. The van der Waals surface area contributed by atoms with E-state index in [2.05, 4.69) is 55.9 Å². The van der Waals surface area contributed by atoms with Crippen LogP contribution < -0.4 is 10.2 Å². The van der Waals surface area contributed by atoms with E-state index < -0.39 is 0 Å². The fourth-order valence-electron chi connectivity index (χ4n) is 4.52. The van der Waals surface area contributed by atoms with E-state index in [9.17, 15) is 0 Å². The minimum Gasteiger partial charge on any atom is -0.355 e. The maximum Gasteiger partial charge on any atom is 0.138 e. The molecule has 3 aromatic heterocycles. The Morgan fingerprint density at radius 2 is 1.86 bits per heavy atom. The molecule has 5 rings (SSSR count). The van der Waals surface area contributed by atoms with Crippen LogP contribution in [-0.4, -0.2) is 52.5 Å². The Balaban J connectivity index is 1.42. The lowest BCUT2D eigenvalue weighted by Crippen LogP contribution is -2.45. The molecule has 0 amide bonds. The van der Waals surface area contributed by atoms with Gasteiger partial charge in [0.2, 0.25) is 0 Å². The van der Waals surface area contributed by atoms with Gasteiger partial charge in [-0.05, 0) is 50.6 Å². The fraction of sp³-hybridized carbons (Fsp3) is 0.455. The van der Waals surface area contributed by atoms with Gasteiger partial charge in [-0.3, -0.25) is 9.38 Å². The van der Waals surface area contributed by atoms with Crippen LogP contribution >= 0.6 is 11.6 Å². The molecule has 2 fully saturated rings. The lowest BCUT2D eigenvalue weighted by Gasteiger charge is -2.34. The van der Waals surface area contributed by atoms with Crippen molar-refractivity contribution in [3.8, 4) is 0 Å². The second-order valence-corrected chi connectivity index (χ2v) is 8.55. The van der Waals surface area contributed by atoms with Crippen LogP contribution in [0.3, 0.4) is 0 Å². The van der Waals surface area contributed by atoms with Crippen molar-refractivity contribution in [2.45, 2.75) is 31.3 Å². The van der Waals surface area contributed by atoms with Crippen molar-refractivity contribution in [2.24, 2.45) is 0 Å². The zero-order valence-electron chi connectivity index (χ0n) is 16.8. The molecule has 0 saturated carbocycles. The van der Waals surface area contributed by atoms with Gasteiger partial charge >= 0.3 is 0 Å². The highest BCUT2D eigenvalue weighted by Gasteiger charge is 2.27. The molecule has 0 bridgehead atoms. The van der Waals surface area contributed by atoms with Crippen LogP contribution in [0.2, 0.25) is 5.02 Å². The number of hydrogen-bond acceptors (Lipinski definition) is 5. The van der Waals surface area contributed by atoms with E-state index in [0.29, 0.717) is 0 Å². The molecule has 152 valence electrons. The number of hydrogen-bond donors (Lipinski definition) is 1. The third-order valence-corrected chi connectivity index (χ3v) is 6.50. The van der Waals surface area contributed by atoms with E-state index in [1.165, 1.54) is 5.82 Å². The van der Waals surface area contributed by atoms with Crippen LogP contribution in [0, 0.1) is 0 Å². The summed E-state index contributed by atoms with van der Waals surface area (Å²) < 4.78 is 2.25. The van der Waals surface area contributed by atoms with Crippen LogP contribution in [0.4, 0.5) is 5.82 Å². The molecular weight excluding hydrogens is 384 g/mol. The second kappa shape index (κ2) is 7.94. The van der Waals surface area contributed by atoms with Crippen molar-refractivity contribution in [3.05, 3.63) is 59.1 Å². The summed E-state index contributed by atoms with van der Waals surface area (Å²) in [4.78, 5) is 14.3. The van der Waals surface area contributed by atoms with Crippen molar-refractivity contribution >= 4 is 23.1 Å². The average Bonchev–Trinajstić information content (AvgIpc) is 3.19. The molecule has 29 heavy (non-hydrogen) atoms. The van der Waals surface area contributed by atoms with E-state index in [4.69, 9.17) is 16.6 Å². The molecular formula is C22H27ClN6. The van der Waals surface area contributed by atoms with Crippen LogP contribution in [0.1, 0.15) is 42.7 Å². The molecule has 2 aliphatic rings. The number of nitrogens with one attached hydrogen (secondary N) is 1. The third-order valence-electron chi connectivity index (χ3n) is 6.18. The lowest BCUT2D eigenvalue weighted by molar-refractivity contribution is 0.311. The minimum absolute atomic E-state index is 0.171. The first kappa shape index (κ1) is 18.9. The molecule has 1 N–H and O–H groups in total. The molecule has 0 aliphatic carbocycles. The zero-order chi connectivity index (χ0) is 19.8. The normalized spacial score (nSPS) is 23.6. The van der Waals surface area contributed by atoms with E-state index in [1.54, 1.807) is 0 Å². The summed E-state index contributed by atoms with van der Waals surface area (Å²) in [5, 5.41) is 4.48. The number of nitrogens with zero attached hydrogens (tertiary/aromatic N) is 5. The van der Waals surface area contributed by atoms with Gasteiger partial charge in [-0.25, -0.2) is 4.98 Å². The maximum atomic E-state index is 6.40. The van der Waals surface area contributed by atoms with E-state index in [-0.39, 0.29) is 12.1 Å². The molecule has 2 unspecified atom stereocenters. The van der Waals surface area contributed by atoms with Crippen LogP contribution in [0.25, 0.3) is 5.65 Å². The Kier molecular flexibility index (Phi) is 5.16. The van der Waals surface area contributed by atoms with Crippen LogP contribution in [0.15, 0.2) is 42.7 Å². The maximum absolute atomic E-state index is 6.40. The number of aromatic nitrogens is 3. The van der Waals surface area contributed by atoms with Gasteiger partial charge in [0.25, 0.3) is 0 Å². The van der Waals surface area contributed by atoms with Gasteiger partial charge in [0.05, 0.1) is 28.5 Å². The number of anilines is 1. The van der Waals surface area contributed by atoms with Gasteiger partial charge in [0.15, 0.2) is 0 Å². The first-order valence-corrected chi connectivity index (χ1v) is 10.8. The Morgan fingerprint density at radius 3 is 2.69 bits per heavy atom. The number of pyridine rings is 2. The predicted octanol–water partition coefficient (Wildman–Crippen LogP) is 3.69. The summed E-state index contributed by atoms with van der Waals surface area (Å²) in [6, 6.07) is 10.6. The Hall–Kier alpha value is -2.15. The number of likely N-dealkylation sites (N-methyl/N-ethyl adjacent to an activating group) is 1. The van der Waals surface area contributed by atoms with Crippen molar-refractivity contribution in [3.63, 3.8) is 0 Å². The fourth-order valence-corrected chi connectivity index (χ4v) is 4.77. The van der Waals surface area contributed by atoms with Gasteiger partial charge in [-0.1, -0.05) is 17.7 Å². The highest BCUT2D eigenvalue weighted by atomic mass is 35.5. The lowest BCUT2D eigenvalue weighted by atomic mass is 9.94. The number of rotatable bonds is 3. The summed E-state index contributed by atoms with van der Waals surface area (Å²) >= 11 is 6.40. The van der Waals surface area contributed by atoms with Crippen LogP contribution in [0.5, 0.6) is 0 Å². The Labute approximate surface area is 176 Å². The largest absolute Gasteiger partial charge is 0.355 e. The average molecular weight is 411 g/mol. The molecule has 2 aliphatic heterocycles. The van der Waals surface area contributed by atoms with Gasteiger partial charge < -0.3 is 15.1 Å². The zero-order valence-corrected chi connectivity index (χ0v) is 17.5. The van der Waals surface area contributed by atoms with E-state index >= 15 is 0 Å². The topological polar surface area (TPSA) is 48.7 Å². The van der Waals surface area contributed by atoms with Crippen molar-refractivity contribution < 1.29 is 0 Å². The number of halogens is 1. The molecule has 0 aromatic carbocycles. The predicted molar refractivity (Wildman–Crippen MR) is 117 cm³/mol. The number of fused-ring (bicyclic) bond motifs is 1. The first-order chi connectivity index (χ1) is 14.2. The monoisotopic (exact) mass is 410 g/mol. The number of piperazine rings is 1. The molecule has 3 aromatic rings. The highest BCUT2D eigenvalue weighted by molar-refractivity contribution is 6.31. The van der Waals surface area contributed by atoms with Gasteiger partial charge in [0.1, 0.15) is 11.5 Å². The molecule has 0 radical (unpaired) electrons. The smallest absolute Gasteiger partial charge is 0.138 e. The molecule has 2 saturated heterocycles. The number of imidazole rings is 1. The molecule has 5 heterocycles. The molecule has 0 spiro atoms. The molecule has 6 nitrogen and oxygen atoms in total. The summed E-state index contributed by atoms with van der Waals surface area (Å²) in [7, 11) is 2.19. The van der Waals surface area contributed by atoms with Crippen molar-refractivity contribution in [2.75, 3.05) is 38.1 Å². The summed E-state index contributed by atoms with van der Waals surface area (Å²) in [6.07, 6.45) is 7.29. The van der Waals surface area contributed by atoms with Crippen molar-refractivity contribution in [1.29, 1.82) is 0 Å². The van der Waals surface area contributed by atoms with Gasteiger partial charge in [-0.15, -0.1) is 0 Å². The molecule has 2 atom stereocenters. The SMILES string of the molecule is CN1CCN(c2cccc3nc(C4CCCC(c5ncccc5Cl)N4)cn23)CC1. The van der Waals surface area contributed by atoms with E-state index in [0.717, 1.165) is 67.5 Å². The molecule has 7 heteroatoms. The van der Waals surface area contributed by atoms with E-state index in [1.807, 2.05) is 18.3 Å². The summed E-state index contributed by atoms with van der Waals surface area (Å²) in [6.45, 7) is 4.28. The quantitative estimate of drug-likeness (QED) is 0.713. The standard InChI is InChI=1S/C22H27ClN6/c1-27-11-13-28(14-12-27)21-9-3-8-20-26-19(15-29(20)21)17-6-2-7-18(25-17)22-16(23)5-4-10-24-22/h3-5,8-10,15,17-18,25H,2,6-7,11-14H2,1H3. The van der Waals surface area contributed by atoms with Crippen LogP contribution in [-0.2, 0) is 0 Å². The number of piperidine rings is 1. The van der Waals surface area contributed by atoms with Crippen molar-refractivity contribution in [1.82, 2.24) is 24.6 Å². The Bertz CT molecular complexity index is 994. The van der Waals surface area contributed by atoms with Gasteiger partial charge in [-0.2, -0.15) is 0 Å².